The lowest BCUT2D eigenvalue weighted by atomic mass is 10.1. The van der Waals surface area contributed by atoms with E-state index in [4.69, 9.17) is 33.8 Å². The number of nitro groups is 1. The highest BCUT2D eigenvalue weighted by Crippen LogP contribution is 2.37. The molecule has 2 amide bonds. The van der Waals surface area contributed by atoms with Gasteiger partial charge in [0.1, 0.15) is 22.9 Å². The van der Waals surface area contributed by atoms with Crippen molar-refractivity contribution in [3.63, 3.8) is 0 Å². The number of benzene rings is 2. The molecule has 13 heteroatoms. The Hall–Kier alpha value is -2.89. The van der Waals surface area contributed by atoms with E-state index in [1.54, 1.807) is 0 Å². The number of carbonyl (C=O) groups is 2. The molecule has 0 aliphatic rings. The summed E-state index contributed by atoms with van der Waals surface area (Å²) in [4.78, 5) is 34.1. The second-order valence-electron chi connectivity index (χ2n) is 5.38. The second-order valence-corrected chi connectivity index (χ2v) is 6.06. The molecule has 0 atom stereocenters. The van der Waals surface area contributed by atoms with E-state index in [2.05, 4.69) is 0 Å². The third-order valence-corrected chi connectivity index (χ3v) is 4.01. The predicted molar refractivity (Wildman–Crippen MR) is 95.7 cm³/mol. The van der Waals surface area contributed by atoms with Crippen LogP contribution < -0.4 is 10.6 Å². The lowest BCUT2D eigenvalue weighted by Crippen LogP contribution is -2.43. The van der Waals surface area contributed by atoms with Crippen LogP contribution in [-0.2, 0) is 11.0 Å². The van der Waals surface area contributed by atoms with Crippen LogP contribution in [0.25, 0.3) is 0 Å². The van der Waals surface area contributed by atoms with Crippen LogP contribution in [0.4, 0.5) is 18.9 Å². The molecule has 0 unspecified atom stereocenters. The Balaban J connectivity index is 2.42. The van der Waals surface area contributed by atoms with Gasteiger partial charge in [0.05, 0.1) is 15.5 Å². The molecule has 8 nitrogen and oxygen atoms in total. The van der Waals surface area contributed by atoms with Crippen molar-refractivity contribution >= 4 is 40.7 Å². The molecule has 0 aliphatic heterocycles. The molecule has 2 aromatic carbocycles. The summed E-state index contributed by atoms with van der Waals surface area (Å²) in [6.07, 6.45) is -4.62. The van der Waals surface area contributed by atoms with E-state index >= 15 is 0 Å². The number of ether oxygens (including phenoxy) is 1. The van der Waals surface area contributed by atoms with E-state index in [1.807, 2.05) is 0 Å². The van der Waals surface area contributed by atoms with Gasteiger partial charge in [-0.3, -0.25) is 19.7 Å². The highest BCUT2D eigenvalue weighted by atomic mass is 35.5. The van der Waals surface area contributed by atoms with Crippen molar-refractivity contribution in [3.8, 4) is 11.5 Å². The molecule has 29 heavy (non-hydrogen) atoms. The number of hydrogen-bond acceptors (Lipinski definition) is 6. The van der Waals surface area contributed by atoms with E-state index in [9.17, 15) is 32.9 Å². The van der Waals surface area contributed by atoms with Crippen molar-refractivity contribution in [3.05, 3.63) is 62.7 Å². The van der Waals surface area contributed by atoms with Crippen LogP contribution in [-0.4, -0.2) is 27.6 Å². The Bertz CT molecular complexity index is 985. The summed E-state index contributed by atoms with van der Waals surface area (Å²) in [6.45, 7) is 0. The number of nitro benzene ring substituents is 1. The molecule has 0 fully saturated rings. The van der Waals surface area contributed by atoms with Gasteiger partial charge in [-0.2, -0.15) is 13.2 Å². The number of rotatable bonds is 5. The molecule has 2 aromatic rings. The van der Waals surface area contributed by atoms with Crippen LogP contribution in [0.1, 0.15) is 15.9 Å². The van der Waals surface area contributed by atoms with Gasteiger partial charge in [-0.15, -0.1) is 11.6 Å². The molecule has 0 radical (unpaired) electrons. The average molecular weight is 452 g/mol. The Morgan fingerprint density at radius 1 is 1.21 bits per heavy atom. The van der Waals surface area contributed by atoms with Gasteiger partial charge < -0.3 is 4.74 Å². The van der Waals surface area contributed by atoms with Gasteiger partial charge in [-0.05, 0) is 24.3 Å². The Labute approximate surface area is 170 Å². The minimum Gasteiger partial charge on any atom is -0.456 e. The Morgan fingerprint density at radius 2 is 1.86 bits per heavy atom. The van der Waals surface area contributed by atoms with Crippen LogP contribution in [0.15, 0.2) is 36.4 Å². The number of hydrazine groups is 1. The summed E-state index contributed by atoms with van der Waals surface area (Å²) < 4.78 is 43.4. The monoisotopic (exact) mass is 451 g/mol. The zero-order chi connectivity index (χ0) is 21.9. The van der Waals surface area contributed by atoms with Crippen molar-refractivity contribution < 1.29 is 32.4 Å². The molecule has 2 N–H and O–H groups in total. The normalized spacial score (nSPS) is 11.1. The summed E-state index contributed by atoms with van der Waals surface area (Å²) in [7, 11) is 0. The zero-order valence-electron chi connectivity index (χ0n) is 14.1. The fraction of sp³-hybridized carbons (Fsp3) is 0.125. The molecule has 0 aliphatic carbocycles. The van der Waals surface area contributed by atoms with Crippen molar-refractivity contribution in [2.45, 2.75) is 6.18 Å². The minimum atomic E-state index is -4.62. The predicted octanol–water partition coefficient (Wildman–Crippen LogP) is 4.14. The Kier molecular flexibility index (Phi) is 6.67. The average Bonchev–Trinajstić information content (AvgIpc) is 2.66. The molecular weight excluding hydrogens is 442 g/mol. The van der Waals surface area contributed by atoms with E-state index in [0.717, 1.165) is 30.3 Å². The van der Waals surface area contributed by atoms with Crippen molar-refractivity contribution in [2.24, 2.45) is 5.84 Å². The van der Waals surface area contributed by atoms with Crippen molar-refractivity contribution in [2.75, 3.05) is 5.88 Å². The summed E-state index contributed by atoms with van der Waals surface area (Å²) in [6, 6.07) is 5.19. The standard InChI is InChI=1S/C16H10Cl2F3N3O5/c17-7-14(25)23(22)15(26)10-6-9(2-3-12(10)24(27)28)29-13-4-1-8(5-11(13)18)16(19,20)21/h1-6H,7,22H2. The molecule has 0 saturated carbocycles. The fourth-order valence-electron chi connectivity index (χ4n) is 2.10. The van der Waals surface area contributed by atoms with Crippen molar-refractivity contribution in [1.82, 2.24) is 5.01 Å². The van der Waals surface area contributed by atoms with Crippen LogP contribution in [0, 0.1) is 10.1 Å². The van der Waals surface area contributed by atoms with Gasteiger partial charge in [0.2, 0.25) is 0 Å². The van der Waals surface area contributed by atoms with E-state index < -0.39 is 45.6 Å². The summed E-state index contributed by atoms with van der Waals surface area (Å²) >= 11 is 11.1. The van der Waals surface area contributed by atoms with Gasteiger partial charge in [-0.1, -0.05) is 11.6 Å². The zero-order valence-corrected chi connectivity index (χ0v) is 15.6. The first-order valence-electron chi connectivity index (χ1n) is 7.46. The van der Waals surface area contributed by atoms with Crippen molar-refractivity contribution in [1.29, 1.82) is 0 Å². The van der Waals surface area contributed by atoms with Gasteiger partial charge in [0.25, 0.3) is 17.5 Å². The largest absolute Gasteiger partial charge is 0.456 e. The van der Waals surface area contributed by atoms with Gasteiger partial charge in [0, 0.05) is 12.1 Å². The molecule has 0 bridgehead atoms. The van der Waals surface area contributed by atoms with E-state index in [1.165, 1.54) is 0 Å². The number of amides is 2. The third kappa shape index (κ3) is 5.13. The molecule has 2 rings (SSSR count). The summed E-state index contributed by atoms with van der Waals surface area (Å²) in [5, 5.41) is 10.9. The minimum absolute atomic E-state index is 0.101. The van der Waals surface area contributed by atoms with Crippen LogP contribution in [0.5, 0.6) is 11.5 Å². The second kappa shape index (κ2) is 8.64. The quantitative estimate of drug-likeness (QED) is 0.240. The highest BCUT2D eigenvalue weighted by molar-refractivity contribution is 6.32. The number of alkyl halides is 4. The van der Waals surface area contributed by atoms with Crippen LogP contribution in [0.3, 0.4) is 0 Å². The Morgan fingerprint density at radius 3 is 2.38 bits per heavy atom. The number of nitrogens with zero attached hydrogens (tertiary/aromatic N) is 2. The third-order valence-electron chi connectivity index (χ3n) is 3.48. The molecular formula is C16H10Cl2F3N3O5. The smallest absolute Gasteiger partial charge is 0.416 e. The number of hydrogen-bond donors (Lipinski definition) is 1. The summed E-state index contributed by atoms with van der Waals surface area (Å²) in [5.74, 6) is 2.05. The van der Waals surface area contributed by atoms with Gasteiger partial charge in [-0.25, -0.2) is 10.9 Å². The maximum Gasteiger partial charge on any atom is 0.416 e. The molecule has 0 heterocycles. The van der Waals surface area contributed by atoms with Gasteiger partial charge in [0.15, 0.2) is 0 Å². The lowest BCUT2D eigenvalue weighted by molar-refractivity contribution is -0.385. The first-order valence-corrected chi connectivity index (χ1v) is 8.38. The first-order chi connectivity index (χ1) is 13.5. The first kappa shape index (κ1) is 22.4. The topological polar surface area (TPSA) is 116 Å². The highest BCUT2D eigenvalue weighted by Gasteiger charge is 2.31. The maximum atomic E-state index is 12.7. The van der Waals surface area contributed by atoms with E-state index in [0.29, 0.717) is 6.07 Å². The molecule has 154 valence electrons. The fourth-order valence-corrected chi connectivity index (χ4v) is 2.45. The van der Waals surface area contributed by atoms with Gasteiger partial charge >= 0.3 is 6.18 Å². The molecule has 0 aromatic heterocycles. The molecule has 0 saturated heterocycles. The van der Waals surface area contributed by atoms with Crippen LogP contribution >= 0.6 is 23.2 Å². The lowest BCUT2D eigenvalue weighted by Gasteiger charge is -2.15. The van der Waals surface area contributed by atoms with Crippen LogP contribution in [0.2, 0.25) is 5.02 Å². The number of imide groups is 1. The number of carbonyl (C=O) groups excluding carboxylic acids is 2. The number of halogens is 5. The van der Waals surface area contributed by atoms with E-state index in [-0.39, 0.29) is 21.5 Å². The summed E-state index contributed by atoms with van der Waals surface area (Å²) in [5.41, 5.74) is -2.29. The maximum absolute atomic E-state index is 12.7. The number of nitrogens with two attached hydrogens (primary N) is 1. The SMILES string of the molecule is NN(C(=O)CCl)C(=O)c1cc(Oc2ccc(C(F)(F)F)cc2Cl)ccc1[N+](=O)[O-]. The molecule has 0 spiro atoms.